The van der Waals surface area contributed by atoms with Gasteiger partial charge in [-0.3, -0.25) is 9.59 Å². The lowest BCUT2D eigenvalue weighted by molar-refractivity contribution is -0.119. The zero-order valence-corrected chi connectivity index (χ0v) is 15.3. The molecule has 28 heavy (non-hydrogen) atoms. The topological polar surface area (TPSA) is 109 Å². The van der Waals surface area contributed by atoms with Crippen LogP contribution in [0.3, 0.4) is 0 Å². The summed E-state index contributed by atoms with van der Waals surface area (Å²) >= 11 is 0. The molecule has 0 aliphatic carbocycles. The number of hydrogen-bond donors (Lipinski definition) is 3. The Morgan fingerprint density at radius 3 is 2.93 bits per heavy atom. The molecule has 2 aliphatic rings. The van der Waals surface area contributed by atoms with Crippen molar-refractivity contribution >= 4 is 28.7 Å². The second kappa shape index (κ2) is 6.33. The van der Waals surface area contributed by atoms with E-state index in [9.17, 15) is 9.59 Å². The predicted molar refractivity (Wildman–Crippen MR) is 103 cm³/mol. The number of ether oxygens (including phenoxy) is 1. The van der Waals surface area contributed by atoms with Crippen LogP contribution in [0.1, 0.15) is 18.9 Å². The van der Waals surface area contributed by atoms with Gasteiger partial charge in [-0.1, -0.05) is 6.07 Å². The number of imidazole rings is 1. The van der Waals surface area contributed by atoms with Crippen molar-refractivity contribution in [3.63, 3.8) is 0 Å². The Bertz CT molecular complexity index is 1110. The zero-order valence-electron chi connectivity index (χ0n) is 15.3. The van der Waals surface area contributed by atoms with Crippen LogP contribution in [0, 0.1) is 5.92 Å². The standard InChI is InChI=1S/C20H19N5O3/c1-10(13-7-17(26)21-8-13)28-16-5-12(4-15-19(16)23-9-22-15)14-3-2-11-6-18(27)25-20(11)24-14/h2-5,9-10,13H,6-8H2,1H3,(H,21,26)(H,22,23)(H,24,25,27)/t10-,13-/m1/s1. The van der Waals surface area contributed by atoms with E-state index in [1.54, 1.807) is 6.33 Å². The fourth-order valence-corrected chi connectivity index (χ4v) is 3.76. The molecule has 8 heteroatoms. The summed E-state index contributed by atoms with van der Waals surface area (Å²) in [6.07, 6.45) is 2.32. The highest BCUT2D eigenvalue weighted by atomic mass is 16.5. The van der Waals surface area contributed by atoms with Crippen molar-refractivity contribution in [2.45, 2.75) is 25.9 Å². The average molecular weight is 377 g/mol. The van der Waals surface area contributed by atoms with Crippen molar-refractivity contribution < 1.29 is 14.3 Å². The SMILES string of the molecule is C[C@@H](Oc1cc(-c2ccc3c(n2)NC(=O)C3)cc2[nH]cnc12)[C@H]1CNC(=O)C1. The van der Waals surface area contributed by atoms with Crippen molar-refractivity contribution in [1.82, 2.24) is 20.3 Å². The fourth-order valence-electron chi connectivity index (χ4n) is 3.76. The zero-order chi connectivity index (χ0) is 19.3. The van der Waals surface area contributed by atoms with Crippen LogP contribution in [-0.4, -0.2) is 39.4 Å². The van der Waals surface area contributed by atoms with Gasteiger partial charge >= 0.3 is 0 Å². The maximum Gasteiger partial charge on any atom is 0.230 e. The number of nitrogens with one attached hydrogen (secondary N) is 3. The molecule has 1 aromatic carbocycles. The number of anilines is 1. The number of amides is 2. The highest BCUT2D eigenvalue weighted by Crippen LogP contribution is 2.33. The number of nitrogens with zero attached hydrogens (tertiary/aromatic N) is 2. The molecular formula is C20H19N5O3. The molecule has 142 valence electrons. The third-order valence-corrected chi connectivity index (χ3v) is 5.36. The first kappa shape index (κ1) is 16.7. The summed E-state index contributed by atoms with van der Waals surface area (Å²) in [6.45, 7) is 2.59. The highest BCUT2D eigenvalue weighted by Gasteiger charge is 2.28. The van der Waals surface area contributed by atoms with E-state index in [0.717, 1.165) is 27.9 Å². The number of benzene rings is 1. The van der Waals surface area contributed by atoms with E-state index < -0.39 is 0 Å². The van der Waals surface area contributed by atoms with Gasteiger partial charge in [0.15, 0.2) is 0 Å². The maximum atomic E-state index is 11.6. The fraction of sp³-hybridized carbons (Fsp3) is 0.300. The van der Waals surface area contributed by atoms with E-state index in [-0.39, 0.29) is 23.8 Å². The largest absolute Gasteiger partial charge is 0.488 e. The summed E-state index contributed by atoms with van der Waals surface area (Å²) < 4.78 is 6.22. The van der Waals surface area contributed by atoms with E-state index in [4.69, 9.17) is 4.74 Å². The van der Waals surface area contributed by atoms with Crippen LogP contribution >= 0.6 is 0 Å². The van der Waals surface area contributed by atoms with Crippen molar-refractivity contribution in [2.24, 2.45) is 5.92 Å². The first-order valence-electron chi connectivity index (χ1n) is 9.27. The first-order chi connectivity index (χ1) is 13.6. The van der Waals surface area contributed by atoms with Gasteiger partial charge in [-0.15, -0.1) is 0 Å². The smallest absolute Gasteiger partial charge is 0.230 e. The number of H-pyrrole nitrogens is 1. The molecule has 0 spiro atoms. The Morgan fingerprint density at radius 2 is 2.11 bits per heavy atom. The number of carbonyl (C=O) groups is 2. The minimum absolute atomic E-state index is 0.0405. The lowest BCUT2D eigenvalue weighted by Crippen LogP contribution is -2.25. The summed E-state index contributed by atoms with van der Waals surface area (Å²) in [5.74, 6) is 1.40. The lowest BCUT2D eigenvalue weighted by atomic mass is 10.0. The molecule has 3 aromatic rings. The van der Waals surface area contributed by atoms with E-state index >= 15 is 0 Å². The number of fused-ring (bicyclic) bond motifs is 2. The average Bonchev–Trinajstić information content (AvgIpc) is 3.39. The molecular weight excluding hydrogens is 358 g/mol. The van der Waals surface area contributed by atoms with Crippen LogP contribution in [-0.2, 0) is 16.0 Å². The van der Waals surface area contributed by atoms with Gasteiger partial charge in [0, 0.05) is 30.0 Å². The third kappa shape index (κ3) is 2.87. The molecule has 0 saturated carbocycles. The van der Waals surface area contributed by atoms with Crippen LogP contribution < -0.4 is 15.4 Å². The Morgan fingerprint density at radius 1 is 1.21 bits per heavy atom. The van der Waals surface area contributed by atoms with E-state index in [1.165, 1.54) is 0 Å². The van der Waals surface area contributed by atoms with Crippen LogP contribution in [0.5, 0.6) is 5.75 Å². The maximum absolute atomic E-state index is 11.6. The summed E-state index contributed by atoms with van der Waals surface area (Å²) in [7, 11) is 0. The lowest BCUT2D eigenvalue weighted by Gasteiger charge is -2.20. The van der Waals surface area contributed by atoms with E-state index in [1.807, 2.05) is 31.2 Å². The Kier molecular flexibility index (Phi) is 3.78. The summed E-state index contributed by atoms with van der Waals surface area (Å²) in [5, 5.41) is 5.64. The number of aromatic nitrogens is 3. The number of hydrogen-bond acceptors (Lipinski definition) is 5. The van der Waals surface area contributed by atoms with Crippen LogP contribution in [0.25, 0.3) is 22.3 Å². The number of aromatic amines is 1. The minimum Gasteiger partial charge on any atom is -0.488 e. The van der Waals surface area contributed by atoms with Crippen LogP contribution in [0.4, 0.5) is 5.82 Å². The molecule has 0 bridgehead atoms. The molecule has 4 heterocycles. The highest BCUT2D eigenvalue weighted by molar-refractivity contribution is 5.98. The predicted octanol–water partition coefficient (Wildman–Crippen LogP) is 2.02. The molecule has 3 N–H and O–H groups in total. The Balaban J connectivity index is 1.50. The summed E-state index contributed by atoms with van der Waals surface area (Å²) in [5.41, 5.74) is 4.09. The first-order valence-corrected chi connectivity index (χ1v) is 9.27. The van der Waals surface area contributed by atoms with Crippen molar-refractivity contribution in [2.75, 3.05) is 11.9 Å². The number of rotatable bonds is 4. The van der Waals surface area contributed by atoms with Gasteiger partial charge in [-0.05, 0) is 25.1 Å². The van der Waals surface area contributed by atoms with Gasteiger partial charge < -0.3 is 20.4 Å². The van der Waals surface area contributed by atoms with E-state index in [2.05, 4.69) is 25.6 Å². The monoisotopic (exact) mass is 377 g/mol. The van der Waals surface area contributed by atoms with Gasteiger partial charge in [0.2, 0.25) is 11.8 Å². The van der Waals surface area contributed by atoms with Gasteiger partial charge in [-0.2, -0.15) is 0 Å². The molecule has 2 amide bonds. The molecule has 2 atom stereocenters. The van der Waals surface area contributed by atoms with Gasteiger partial charge in [0.05, 0.1) is 24.0 Å². The number of carbonyl (C=O) groups excluding carboxylic acids is 2. The normalized spacial score (nSPS) is 19.4. The summed E-state index contributed by atoms with van der Waals surface area (Å²) in [6, 6.07) is 7.70. The molecule has 1 saturated heterocycles. The molecule has 2 aliphatic heterocycles. The second-order valence-electron chi connectivity index (χ2n) is 7.29. The van der Waals surface area contributed by atoms with Gasteiger partial charge in [0.1, 0.15) is 23.2 Å². The Labute approximate surface area is 160 Å². The van der Waals surface area contributed by atoms with Crippen LogP contribution in [0.15, 0.2) is 30.6 Å². The molecule has 1 fully saturated rings. The third-order valence-electron chi connectivity index (χ3n) is 5.36. The van der Waals surface area contributed by atoms with Crippen molar-refractivity contribution in [3.8, 4) is 17.0 Å². The second-order valence-corrected chi connectivity index (χ2v) is 7.29. The van der Waals surface area contributed by atoms with Gasteiger partial charge in [0.25, 0.3) is 0 Å². The summed E-state index contributed by atoms with van der Waals surface area (Å²) in [4.78, 5) is 35.2. The minimum atomic E-state index is -0.138. The molecule has 0 radical (unpaired) electrons. The number of pyridine rings is 1. The Hall–Kier alpha value is -3.42. The van der Waals surface area contributed by atoms with Crippen LogP contribution in [0.2, 0.25) is 0 Å². The van der Waals surface area contributed by atoms with E-state index in [0.29, 0.717) is 31.0 Å². The van der Waals surface area contributed by atoms with Crippen molar-refractivity contribution in [1.29, 1.82) is 0 Å². The molecule has 2 aromatic heterocycles. The molecule has 8 nitrogen and oxygen atoms in total. The molecule has 5 rings (SSSR count). The van der Waals surface area contributed by atoms with Crippen molar-refractivity contribution in [3.05, 3.63) is 36.2 Å². The molecule has 0 unspecified atom stereocenters. The van der Waals surface area contributed by atoms with Gasteiger partial charge in [-0.25, -0.2) is 9.97 Å². The quantitative estimate of drug-likeness (QED) is 0.645.